The molecular weight excluding hydrogens is 242 g/mol. The minimum Gasteiger partial charge on any atom is -0.469 e. The number of aryl methyl sites for hydroxylation is 1. The van der Waals surface area contributed by atoms with Gasteiger partial charge in [0.15, 0.2) is 0 Å². The first-order chi connectivity index (χ1) is 9.16. The highest BCUT2D eigenvalue weighted by atomic mass is 16.3. The van der Waals surface area contributed by atoms with Crippen LogP contribution in [0.25, 0.3) is 0 Å². The molecule has 1 aromatic rings. The summed E-state index contributed by atoms with van der Waals surface area (Å²) in [5, 5.41) is 9.53. The smallest absolute Gasteiger partial charge is 0.223 e. The molecule has 0 saturated carbocycles. The van der Waals surface area contributed by atoms with Crippen molar-refractivity contribution in [3.05, 3.63) is 24.2 Å². The molecule has 2 heterocycles. The Bertz CT molecular complexity index is 386. The van der Waals surface area contributed by atoms with Crippen molar-refractivity contribution < 1.29 is 14.3 Å². The maximum Gasteiger partial charge on any atom is 0.223 e. The molecule has 1 aromatic heterocycles. The SMILES string of the molecule is CC(O)CC1CCCCN1C(=O)CCc1ccco1. The molecular formula is C15H23NO3. The number of furan rings is 1. The number of aliphatic hydroxyl groups excluding tert-OH is 1. The summed E-state index contributed by atoms with van der Waals surface area (Å²) in [6.07, 6.45) is 6.36. The van der Waals surface area contributed by atoms with Crippen molar-refractivity contribution in [3.63, 3.8) is 0 Å². The number of hydrogen-bond acceptors (Lipinski definition) is 3. The number of carbonyl (C=O) groups is 1. The van der Waals surface area contributed by atoms with Gasteiger partial charge in [-0.15, -0.1) is 0 Å². The molecule has 0 spiro atoms. The number of carbonyl (C=O) groups excluding carboxylic acids is 1. The number of hydrogen-bond donors (Lipinski definition) is 1. The van der Waals surface area contributed by atoms with E-state index in [1.807, 2.05) is 17.0 Å². The minimum absolute atomic E-state index is 0.182. The van der Waals surface area contributed by atoms with Gasteiger partial charge in [-0.2, -0.15) is 0 Å². The predicted octanol–water partition coefficient (Wildman–Crippen LogP) is 2.36. The van der Waals surface area contributed by atoms with Crippen LogP contribution in [-0.2, 0) is 11.2 Å². The van der Waals surface area contributed by atoms with Crippen molar-refractivity contribution in [1.82, 2.24) is 4.90 Å². The summed E-state index contributed by atoms with van der Waals surface area (Å²) >= 11 is 0. The lowest BCUT2D eigenvalue weighted by molar-refractivity contribution is -0.135. The van der Waals surface area contributed by atoms with Crippen molar-refractivity contribution >= 4 is 5.91 Å². The molecule has 1 N–H and O–H groups in total. The largest absolute Gasteiger partial charge is 0.469 e. The van der Waals surface area contributed by atoms with Gasteiger partial charge < -0.3 is 14.4 Å². The van der Waals surface area contributed by atoms with Crippen molar-refractivity contribution in [1.29, 1.82) is 0 Å². The van der Waals surface area contributed by atoms with Gasteiger partial charge in [0, 0.05) is 25.4 Å². The summed E-state index contributed by atoms with van der Waals surface area (Å²) in [6, 6.07) is 3.95. The average Bonchev–Trinajstić information content (AvgIpc) is 2.89. The Morgan fingerprint density at radius 1 is 1.58 bits per heavy atom. The zero-order valence-corrected chi connectivity index (χ0v) is 11.5. The van der Waals surface area contributed by atoms with Gasteiger partial charge in [0.25, 0.3) is 0 Å². The molecule has 106 valence electrons. The molecule has 4 nitrogen and oxygen atoms in total. The van der Waals surface area contributed by atoms with Gasteiger partial charge in [0.2, 0.25) is 5.91 Å². The number of amides is 1. The highest BCUT2D eigenvalue weighted by Crippen LogP contribution is 2.22. The first-order valence-corrected chi connectivity index (χ1v) is 7.16. The van der Waals surface area contributed by atoms with E-state index < -0.39 is 0 Å². The molecule has 0 aromatic carbocycles. The van der Waals surface area contributed by atoms with Crippen LogP contribution in [0, 0.1) is 0 Å². The van der Waals surface area contributed by atoms with E-state index in [1.165, 1.54) is 0 Å². The second-order valence-corrected chi connectivity index (χ2v) is 5.40. The zero-order chi connectivity index (χ0) is 13.7. The zero-order valence-electron chi connectivity index (χ0n) is 11.5. The van der Waals surface area contributed by atoms with Gasteiger partial charge in [-0.25, -0.2) is 0 Å². The van der Waals surface area contributed by atoms with Gasteiger partial charge in [0.05, 0.1) is 12.4 Å². The molecule has 2 rings (SSSR count). The molecule has 1 fully saturated rings. The van der Waals surface area contributed by atoms with Gasteiger partial charge >= 0.3 is 0 Å². The second-order valence-electron chi connectivity index (χ2n) is 5.40. The molecule has 2 unspecified atom stereocenters. The molecule has 1 aliphatic rings. The van der Waals surface area contributed by atoms with E-state index >= 15 is 0 Å². The van der Waals surface area contributed by atoms with Crippen LogP contribution < -0.4 is 0 Å². The third-order valence-electron chi connectivity index (χ3n) is 3.73. The molecule has 0 bridgehead atoms. The van der Waals surface area contributed by atoms with E-state index in [4.69, 9.17) is 4.42 Å². The van der Waals surface area contributed by atoms with Crippen molar-refractivity contribution in [2.75, 3.05) is 6.54 Å². The van der Waals surface area contributed by atoms with Gasteiger partial charge in [-0.3, -0.25) is 4.79 Å². The van der Waals surface area contributed by atoms with Crippen LogP contribution in [0.2, 0.25) is 0 Å². The molecule has 1 amide bonds. The summed E-state index contributed by atoms with van der Waals surface area (Å²) in [4.78, 5) is 14.2. The maximum atomic E-state index is 12.3. The number of aliphatic hydroxyl groups is 1. The van der Waals surface area contributed by atoms with E-state index in [0.29, 0.717) is 19.3 Å². The van der Waals surface area contributed by atoms with Crippen LogP contribution >= 0.6 is 0 Å². The van der Waals surface area contributed by atoms with E-state index in [1.54, 1.807) is 13.2 Å². The van der Waals surface area contributed by atoms with Crippen LogP contribution in [0.15, 0.2) is 22.8 Å². The van der Waals surface area contributed by atoms with Gasteiger partial charge in [-0.05, 0) is 44.7 Å². The molecule has 0 aliphatic carbocycles. The third kappa shape index (κ3) is 4.10. The van der Waals surface area contributed by atoms with E-state index in [0.717, 1.165) is 31.6 Å². The first kappa shape index (κ1) is 14.1. The molecule has 0 radical (unpaired) electrons. The van der Waals surface area contributed by atoms with Crippen LogP contribution in [0.3, 0.4) is 0 Å². The Balaban J connectivity index is 1.87. The lowest BCUT2D eigenvalue weighted by Crippen LogP contribution is -2.45. The summed E-state index contributed by atoms with van der Waals surface area (Å²) in [5.41, 5.74) is 0. The lowest BCUT2D eigenvalue weighted by atomic mass is 9.96. The molecule has 1 saturated heterocycles. The predicted molar refractivity (Wildman–Crippen MR) is 72.7 cm³/mol. The Morgan fingerprint density at radius 3 is 3.11 bits per heavy atom. The summed E-state index contributed by atoms with van der Waals surface area (Å²) < 4.78 is 5.25. The molecule has 1 aliphatic heterocycles. The fourth-order valence-corrected chi connectivity index (χ4v) is 2.80. The van der Waals surface area contributed by atoms with Crippen LogP contribution in [-0.4, -0.2) is 34.6 Å². The number of rotatable bonds is 5. The maximum absolute atomic E-state index is 12.3. The lowest BCUT2D eigenvalue weighted by Gasteiger charge is -2.36. The fourth-order valence-electron chi connectivity index (χ4n) is 2.80. The van der Waals surface area contributed by atoms with Crippen LogP contribution in [0.5, 0.6) is 0 Å². The Kier molecular flexibility index (Phi) is 5.02. The first-order valence-electron chi connectivity index (χ1n) is 7.16. The standard InChI is InChI=1S/C15H23NO3/c1-12(17)11-13-5-2-3-9-16(13)15(18)8-7-14-6-4-10-19-14/h4,6,10,12-13,17H,2-3,5,7-9,11H2,1H3. The van der Waals surface area contributed by atoms with Crippen molar-refractivity contribution in [3.8, 4) is 0 Å². The van der Waals surface area contributed by atoms with E-state index in [9.17, 15) is 9.90 Å². The van der Waals surface area contributed by atoms with Crippen molar-refractivity contribution in [2.45, 2.75) is 57.6 Å². The third-order valence-corrected chi connectivity index (χ3v) is 3.73. The van der Waals surface area contributed by atoms with Crippen LogP contribution in [0.4, 0.5) is 0 Å². The Hall–Kier alpha value is -1.29. The Labute approximate surface area is 114 Å². The molecule has 4 heteroatoms. The second kappa shape index (κ2) is 6.75. The number of piperidine rings is 1. The average molecular weight is 265 g/mol. The quantitative estimate of drug-likeness (QED) is 0.889. The molecule has 19 heavy (non-hydrogen) atoms. The highest BCUT2D eigenvalue weighted by molar-refractivity contribution is 5.76. The van der Waals surface area contributed by atoms with Gasteiger partial charge in [-0.1, -0.05) is 0 Å². The summed E-state index contributed by atoms with van der Waals surface area (Å²) in [6.45, 7) is 2.62. The van der Waals surface area contributed by atoms with Gasteiger partial charge in [0.1, 0.15) is 5.76 Å². The van der Waals surface area contributed by atoms with E-state index in [-0.39, 0.29) is 18.1 Å². The highest BCUT2D eigenvalue weighted by Gasteiger charge is 2.27. The summed E-state index contributed by atoms with van der Waals surface area (Å²) in [5.74, 6) is 1.04. The Morgan fingerprint density at radius 2 is 2.42 bits per heavy atom. The number of likely N-dealkylation sites (tertiary alicyclic amines) is 1. The fraction of sp³-hybridized carbons (Fsp3) is 0.667. The minimum atomic E-state index is -0.344. The van der Waals surface area contributed by atoms with Crippen molar-refractivity contribution in [2.24, 2.45) is 0 Å². The normalized spacial score (nSPS) is 21.4. The monoisotopic (exact) mass is 265 g/mol. The van der Waals surface area contributed by atoms with Crippen LogP contribution in [0.1, 0.15) is 44.8 Å². The summed E-state index contributed by atoms with van der Waals surface area (Å²) in [7, 11) is 0. The number of nitrogens with zero attached hydrogens (tertiary/aromatic N) is 1. The molecule has 2 atom stereocenters. The van der Waals surface area contributed by atoms with E-state index in [2.05, 4.69) is 0 Å². The topological polar surface area (TPSA) is 53.7 Å².